The van der Waals surface area contributed by atoms with E-state index in [0.29, 0.717) is 12.6 Å². The van der Waals surface area contributed by atoms with E-state index >= 15 is 0 Å². The van der Waals surface area contributed by atoms with Crippen LogP contribution in [-0.4, -0.2) is 29.9 Å². The summed E-state index contributed by atoms with van der Waals surface area (Å²) in [4.78, 5) is 14.5. The molecule has 1 aliphatic rings. The molecule has 0 radical (unpaired) electrons. The SMILES string of the molecule is CC(C)(C#N)C(=O)NC[C@H]1CCCCN1Cc1ccccc1. The predicted molar refractivity (Wildman–Crippen MR) is 86.9 cm³/mol. The number of nitrogens with one attached hydrogen (secondary N) is 1. The van der Waals surface area contributed by atoms with Crippen molar-refractivity contribution in [1.82, 2.24) is 10.2 Å². The van der Waals surface area contributed by atoms with Crippen molar-refractivity contribution in [3.63, 3.8) is 0 Å². The fraction of sp³-hybridized carbons (Fsp3) is 0.556. The van der Waals surface area contributed by atoms with Crippen LogP contribution < -0.4 is 5.32 Å². The van der Waals surface area contributed by atoms with Crippen molar-refractivity contribution in [2.75, 3.05) is 13.1 Å². The second-order valence-electron chi connectivity index (χ2n) is 6.55. The zero-order valence-corrected chi connectivity index (χ0v) is 13.5. The molecule has 1 N–H and O–H groups in total. The van der Waals surface area contributed by atoms with Gasteiger partial charge in [-0.2, -0.15) is 5.26 Å². The molecule has 1 aliphatic heterocycles. The second kappa shape index (κ2) is 7.42. The lowest BCUT2D eigenvalue weighted by Crippen LogP contribution is -2.48. The van der Waals surface area contributed by atoms with Gasteiger partial charge in [0.15, 0.2) is 0 Å². The first kappa shape index (κ1) is 16.5. The highest BCUT2D eigenvalue weighted by Crippen LogP contribution is 2.20. The topological polar surface area (TPSA) is 56.1 Å². The Balaban J connectivity index is 1.93. The highest BCUT2D eigenvalue weighted by Gasteiger charge is 2.29. The highest BCUT2D eigenvalue weighted by molar-refractivity contribution is 5.84. The van der Waals surface area contributed by atoms with Crippen LogP contribution in [0.2, 0.25) is 0 Å². The average molecular weight is 299 g/mol. The number of rotatable bonds is 5. The number of nitriles is 1. The minimum Gasteiger partial charge on any atom is -0.353 e. The molecule has 0 spiro atoms. The van der Waals surface area contributed by atoms with E-state index in [-0.39, 0.29) is 5.91 Å². The monoisotopic (exact) mass is 299 g/mol. The number of hydrogen-bond acceptors (Lipinski definition) is 3. The number of amides is 1. The van der Waals surface area contributed by atoms with Crippen LogP contribution in [0.25, 0.3) is 0 Å². The van der Waals surface area contributed by atoms with Crippen molar-refractivity contribution in [1.29, 1.82) is 5.26 Å². The molecule has 1 atom stereocenters. The van der Waals surface area contributed by atoms with Gasteiger partial charge < -0.3 is 5.32 Å². The Morgan fingerprint density at radius 1 is 1.36 bits per heavy atom. The Morgan fingerprint density at radius 2 is 2.09 bits per heavy atom. The molecule has 0 saturated carbocycles. The van der Waals surface area contributed by atoms with E-state index in [9.17, 15) is 4.79 Å². The molecule has 1 amide bonds. The third-order valence-electron chi connectivity index (χ3n) is 4.32. The lowest BCUT2D eigenvalue weighted by molar-refractivity contribution is -0.127. The summed E-state index contributed by atoms with van der Waals surface area (Å²) >= 11 is 0. The van der Waals surface area contributed by atoms with Gasteiger partial charge in [0.05, 0.1) is 6.07 Å². The zero-order chi connectivity index (χ0) is 16.0. The number of carbonyl (C=O) groups excluding carboxylic acids is 1. The van der Waals surface area contributed by atoms with E-state index in [0.717, 1.165) is 19.5 Å². The summed E-state index contributed by atoms with van der Waals surface area (Å²) in [5, 5.41) is 12.0. The molecule has 1 aromatic carbocycles. The summed E-state index contributed by atoms with van der Waals surface area (Å²) in [6.07, 6.45) is 3.51. The van der Waals surface area contributed by atoms with Crippen LogP contribution in [0.5, 0.6) is 0 Å². The van der Waals surface area contributed by atoms with Gasteiger partial charge in [-0.05, 0) is 38.8 Å². The Labute approximate surface area is 133 Å². The Hall–Kier alpha value is -1.86. The molecule has 0 unspecified atom stereocenters. The van der Waals surface area contributed by atoms with Gasteiger partial charge in [-0.15, -0.1) is 0 Å². The van der Waals surface area contributed by atoms with Crippen LogP contribution >= 0.6 is 0 Å². The van der Waals surface area contributed by atoms with Gasteiger partial charge in [-0.3, -0.25) is 9.69 Å². The van der Waals surface area contributed by atoms with E-state index in [4.69, 9.17) is 5.26 Å². The average Bonchev–Trinajstić information content (AvgIpc) is 2.54. The van der Waals surface area contributed by atoms with Crippen molar-refractivity contribution in [2.24, 2.45) is 5.41 Å². The van der Waals surface area contributed by atoms with Gasteiger partial charge in [0.2, 0.25) is 5.91 Å². The fourth-order valence-electron chi connectivity index (χ4n) is 2.80. The molecule has 1 aromatic rings. The minimum absolute atomic E-state index is 0.180. The summed E-state index contributed by atoms with van der Waals surface area (Å²) < 4.78 is 0. The maximum absolute atomic E-state index is 12.1. The summed E-state index contributed by atoms with van der Waals surface area (Å²) in [5.41, 5.74) is 0.344. The maximum atomic E-state index is 12.1. The number of benzene rings is 1. The standard InChI is InChI=1S/C18H25N3O/c1-18(2,14-19)17(22)20-12-16-10-6-7-11-21(16)13-15-8-4-3-5-9-15/h3-5,8-9,16H,6-7,10-13H2,1-2H3,(H,20,22)/t16-/m1/s1. The predicted octanol–water partition coefficient (Wildman–Crippen LogP) is 2.71. The molecule has 4 nitrogen and oxygen atoms in total. The smallest absolute Gasteiger partial charge is 0.239 e. The highest BCUT2D eigenvalue weighted by atomic mass is 16.2. The first-order valence-corrected chi connectivity index (χ1v) is 8.00. The third-order valence-corrected chi connectivity index (χ3v) is 4.32. The lowest BCUT2D eigenvalue weighted by Gasteiger charge is -2.36. The Bertz CT molecular complexity index is 533. The molecule has 4 heteroatoms. The molecule has 0 bridgehead atoms. The normalized spacial score (nSPS) is 19.4. The summed E-state index contributed by atoms with van der Waals surface area (Å²) in [6, 6.07) is 12.8. The summed E-state index contributed by atoms with van der Waals surface area (Å²) in [6.45, 7) is 5.92. The molecular formula is C18H25N3O. The van der Waals surface area contributed by atoms with Crippen LogP contribution in [-0.2, 0) is 11.3 Å². The fourth-order valence-corrected chi connectivity index (χ4v) is 2.80. The molecule has 1 heterocycles. The summed E-state index contributed by atoms with van der Waals surface area (Å²) in [7, 11) is 0. The number of likely N-dealkylation sites (tertiary alicyclic amines) is 1. The number of piperidine rings is 1. The molecule has 1 saturated heterocycles. The van der Waals surface area contributed by atoms with E-state index in [2.05, 4.69) is 40.6 Å². The van der Waals surface area contributed by atoms with Gasteiger partial charge in [0, 0.05) is 19.1 Å². The molecular weight excluding hydrogens is 274 g/mol. The molecule has 1 fully saturated rings. The number of hydrogen-bond donors (Lipinski definition) is 1. The minimum atomic E-state index is -0.959. The van der Waals surface area contributed by atoms with Gasteiger partial charge in [0.1, 0.15) is 5.41 Å². The van der Waals surface area contributed by atoms with E-state index in [1.165, 1.54) is 18.4 Å². The molecule has 2 rings (SSSR count). The van der Waals surface area contributed by atoms with Crippen LogP contribution in [0.3, 0.4) is 0 Å². The van der Waals surface area contributed by atoms with E-state index in [1.807, 2.05) is 6.07 Å². The first-order chi connectivity index (χ1) is 10.5. The van der Waals surface area contributed by atoms with Crippen molar-refractivity contribution in [3.05, 3.63) is 35.9 Å². The van der Waals surface area contributed by atoms with Gasteiger partial charge >= 0.3 is 0 Å². The largest absolute Gasteiger partial charge is 0.353 e. The molecule has 0 aromatic heterocycles. The van der Waals surface area contributed by atoms with E-state index < -0.39 is 5.41 Å². The lowest BCUT2D eigenvalue weighted by atomic mass is 9.94. The van der Waals surface area contributed by atoms with Gasteiger partial charge in [-0.25, -0.2) is 0 Å². The van der Waals surface area contributed by atoms with Crippen molar-refractivity contribution >= 4 is 5.91 Å². The van der Waals surface area contributed by atoms with Crippen LogP contribution in [0.4, 0.5) is 0 Å². The van der Waals surface area contributed by atoms with Crippen molar-refractivity contribution in [2.45, 2.75) is 45.7 Å². The van der Waals surface area contributed by atoms with Gasteiger partial charge in [0.25, 0.3) is 0 Å². The van der Waals surface area contributed by atoms with Crippen LogP contribution in [0.15, 0.2) is 30.3 Å². The second-order valence-corrected chi connectivity index (χ2v) is 6.55. The van der Waals surface area contributed by atoms with Crippen LogP contribution in [0, 0.1) is 16.7 Å². The van der Waals surface area contributed by atoms with Crippen molar-refractivity contribution in [3.8, 4) is 6.07 Å². The Kier molecular flexibility index (Phi) is 5.57. The van der Waals surface area contributed by atoms with E-state index in [1.54, 1.807) is 13.8 Å². The third kappa shape index (κ3) is 4.32. The molecule has 118 valence electrons. The first-order valence-electron chi connectivity index (χ1n) is 8.00. The Morgan fingerprint density at radius 3 is 2.77 bits per heavy atom. The molecule has 0 aliphatic carbocycles. The van der Waals surface area contributed by atoms with Gasteiger partial charge in [-0.1, -0.05) is 36.8 Å². The maximum Gasteiger partial charge on any atom is 0.239 e. The zero-order valence-electron chi connectivity index (χ0n) is 13.5. The molecule has 22 heavy (non-hydrogen) atoms. The van der Waals surface area contributed by atoms with Crippen LogP contribution in [0.1, 0.15) is 38.7 Å². The number of nitrogens with zero attached hydrogens (tertiary/aromatic N) is 2. The number of carbonyl (C=O) groups is 1. The quantitative estimate of drug-likeness (QED) is 0.909. The summed E-state index contributed by atoms with van der Waals surface area (Å²) in [5.74, 6) is -0.180. The van der Waals surface area contributed by atoms with Crippen molar-refractivity contribution < 1.29 is 4.79 Å².